The summed E-state index contributed by atoms with van der Waals surface area (Å²) in [5, 5.41) is 8.08. The topological polar surface area (TPSA) is 80.3 Å². The Morgan fingerprint density at radius 3 is 2.49 bits per heavy atom. The van der Waals surface area contributed by atoms with Gasteiger partial charge in [-0.05, 0) is 48.9 Å². The van der Waals surface area contributed by atoms with Crippen LogP contribution in [0.15, 0.2) is 89.1 Å². The Balaban J connectivity index is 1.38. The molecule has 35 heavy (non-hydrogen) atoms. The molecule has 2 N–H and O–H groups in total. The van der Waals surface area contributed by atoms with Crippen LogP contribution in [0, 0.1) is 0 Å². The summed E-state index contributed by atoms with van der Waals surface area (Å²) in [6.07, 6.45) is 0.649. The summed E-state index contributed by atoms with van der Waals surface area (Å²) in [6.45, 7) is 1.98. The molecule has 0 aliphatic carbocycles. The van der Waals surface area contributed by atoms with E-state index in [1.807, 2.05) is 66.9 Å². The highest BCUT2D eigenvalue weighted by atomic mass is 32.2. The van der Waals surface area contributed by atoms with Gasteiger partial charge in [-0.3, -0.25) is 9.59 Å². The van der Waals surface area contributed by atoms with Crippen molar-refractivity contribution in [1.29, 1.82) is 0 Å². The summed E-state index contributed by atoms with van der Waals surface area (Å²) in [6, 6.07) is 24.3. The number of ether oxygens (including phenoxy) is 1. The van der Waals surface area contributed by atoms with Crippen molar-refractivity contribution < 1.29 is 14.3 Å². The Labute approximate surface area is 212 Å². The fourth-order valence-corrected chi connectivity index (χ4v) is 5.07. The van der Waals surface area contributed by atoms with Crippen LogP contribution in [0.25, 0.3) is 11.3 Å². The molecule has 1 atom stereocenters. The van der Waals surface area contributed by atoms with Crippen LogP contribution in [0.4, 0.5) is 10.8 Å². The third kappa shape index (κ3) is 6.49. The molecule has 1 unspecified atom stereocenters. The molecule has 0 radical (unpaired) electrons. The number of amides is 2. The number of aromatic nitrogens is 1. The molecule has 8 heteroatoms. The van der Waals surface area contributed by atoms with E-state index in [9.17, 15) is 9.59 Å². The van der Waals surface area contributed by atoms with E-state index in [2.05, 4.69) is 15.6 Å². The molecule has 3 aromatic carbocycles. The first kappa shape index (κ1) is 24.5. The van der Waals surface area contributed by atoms with Crippen LogP contribution in [0.1, 0.15) is 23.7 Å². The monoisotopic (exact) mass is 503 g/mol. The van der Waals surface area contributed by atoms with Gasteiger partial charge in [0.15, 0.2) is 5.13 Å². The van der Waals surface area contributed by atoms with E-state index >= 15 is 0 Å². The van der Waals surface area contributed by atoms with Crippen molar-refractivity contribution in [2.24, 2.45) is 0 Å². The van der Waals surface area contributed by atoms with Crippen molar-refractivity contribution in [2.75, 3.05) is 17.7 Å². The van der Waals surface area contributed by atoms with E-state index in [4.69, 9.17) is 4.74 Å². The summed E-state index contributed by atoms with van der Waals surface area (Å²) in [5.74, 6) is 0.384. The lowest BCUT2D eigenvalue weighted by Gasteiger charge is -2.14. The van der Waals surface area contributed by atoms with Crippen LogP contribution in [0.5, 0.6) is 5.75 Å². The highest BCUT2D eigenvalue weighted by Crippen LogP contribution is 2.30. The zero-order valence-electron chi connectivity index (χ0n) is 19.4. The fraction of sp³-hybridized carbons (Fsp3) is 0.148. The maximum absolute atomic E-state index is 12.9. The van der Waals surface area contributed by atoms with Gasteiger partial charge in [0.05, 0.1) is 18.1 Å². The molecule has 0 saturated heterocycles. The van der Waals surface area contributed by atoms with Gasteiger partial charge in [0, 0.05) is 27.1 Å². The zero-order chi connectivity index (χ0) is 24.6. The molecule has 1 heterocycles. The molecule has 1 aromatic heterocycles. The lowest BCUT2D eigenvalue weighted by Crippen LogP contribution is -2.24. The van der Waals surface area contributed by atoms with Gasteiger partial charge in [0.25, 0.3) is 5.91 Å². The molecule has 0 saturated carbocycles. The van der Waals surface area contributed by atoms with E-state index in [0.29, 0.717) is 28.6 Å². The van der Waals surface area contributed by atoms with Gasteiger partial charge in [0.2, 0.25) is 5.91 Å². The van der Waals surface area contributed by atoms with Crippen molar-refractivity contribution in [1.82, 2.24) is 4.98 Å². The van der Waals surface area contributed by atoms with E-state index in [1.54, 1.807) is 31.4 Å². The van der Waals surface area contributed by atoms with E-state index in [0.717, 1.165) is 16.2 Å². The maximum atomic E-state index is 12.9. The minimum atomic E-state index is -0.299. The number of thiazole rings is 1. The zero-order valence-corrected chi connectivity index (χ0v) is 21.0. The number of nitrogens with zero attached hydrogens (tertiary/aromatic N) is 1. The van der Waals surface area contributed by atoms with Gasteiger partial charge in [0.1, 0.15) is 5.75 Å². The molecule has 6 nitrogen and oxygen atoms in total. The minimum Gasteiger partial charge on any atom is -0.497 e. The SMILES string of the molecule is CCC(Sc1cccc(NC(=O)c2ccc(OC)cc2)c1)C(=O)Nc1nc(-c2ccccc2)cs1. The Hall–Kier alpha value is -3.62. The molecule has 0 spiro atoms. The largest absolute Gasteiger partial charge is 0.497 e. The molecule has 0 aliphatic heterocycles. The Kier molecular flexibility index (Phi) is 8.18. The maximum Gasteiger partial charge on any atom is 0.255 e. The number of anilines is 2. The van der Waals surface area contributed by atoms with Gasteiger partial charge in [-0.2, -0.15) is 0 Å². The van der Waals surface area contributed by atoms with Crippen LogP contribution < -0.4 is 15.4 Å². The molecule has 0 bridgehead atoms. The van der Waals surface area contributed by atoms with Crippen molar-refractivity contribution >= 4 is 45.7 Å². The number of hydrogen-bond acceptors (Lipinski definition) is 6. The second-order valence-corrected chi connectivity index (χ2v) is 9.75. The number of rotatable bonds is 9. The first-order valence-corrected chi connectivity index (χ1v) is 12.9. The first-order chi connectivity index (χ1) is 17.1. The Morgan fingerprint density at radius 2 is 1.77 bits per heavy atom. The fourth-order valence-electron chi connectivity index (χ4n) is 3.34. The Bertz CT molecular complexity index is 1290. The molecule has 4 rings (SSSR count). The van der Waals surface area contributed by atoms with Crippen molar-refractivity contribution in [2.45, 2.75) is 23.5 Å². The summed E-state index contributed by atoms with van der Waals surface area (Å²) in [4.78, 5) is 31.0. The van der Waals surface area contributed by atoms with Crippen LogP contribution in [0.2, 0.25) is 0 Å². The third-order valence-electron chi connectivity index (χ3n) is 5.19. The summed E-state index contributed by atoms with van der Waals surface area (Å²) in [5.41, 5.74) is 3.05. The third-order valence-corrected chi connectivity index (χ3v) is 7.31. The number of thioether (sulfide) groups is 1. The minimum absolute atomic E-state index is 0.0980. The summed E-state index contributed by atoms with van der Waals surface area (Å²) < 4.78 is 5.14. The lowest BCUT2D eigenvalue weighted by molar-refractivity contribution is -0.115. The normalized spacial score (nSPS) is 11.5. The highest BCUT2D eigenvalue weighted by molar-refractivity contribution is 8.00. The molecule has 2 amide bonds. The molecular weight excluding hydrogens is 478 g/mol. The predicted octanol–water partition coefficient (Wildman–Crippen LogP) is 6.58. The number of carbonyl (C=O) groups is 2. The average Bonchev–Trinajstić information content (AvgIpc) is 3.36. The molecule has 0 aliphatic rings. The molecule has 0 fully saturated rings. The quantitative estimate of drug-likeness (QED) is 0.252. The van der Waals surface area contributed by atoms with Gasteiger partial charge in [-0.25, -0.2) is 4.98 Å². The number of carbonyl (C=O) groups excluding carboxylic acids is 2. The summed E-state index contributed by atoms with van der Waals surface area (Å²) >= 11 is 2.87. The van der Waals surface area contributed by atoms with Crippen LogP contribution in [0.3, 0.4) is 0 Å². The standard InChI is InChI=1S/C27H25N3O3S2/c1-3-24(26(32)30-27-29-23(17-34-27)18-8-5-4-6-9-18)35-22-11-7-10-20(16-22)28-25(31)19-12-14-21(33-2)15-13-19/h4-17,24H,3H2,1-2H3,(H,28,31)(H,29,30,32). The van der Waals surface area contributed by atoms with Crippen molar-refractivity contribution in [3.63, 3.8) is 0 Å². The van der Waals surface area contributed by atoms with Crippen LogP contribution in [-0.2, 0) is 4.79 Å². The van der Waals surface area contributed by atoms with Gasteiger partial charge < -0.3 is 15.4 Å². The first-order valence-electron chi connectivity index (χ1n) is 11.1. The van der Waals surface area contributed by atoms with Gasteiger partial charge >= 0.3 is 0 Å². The number of methoxy groups -OCH3 is 1. The van der Waals surface area contributed by atoms with Gasteiger partial charge in [-0.1, -0.05) is 43.3 Å². The predicted molar refractivity (Wildman–Crippen MR) is 144 cm³/mol. The highest BCUT2D eigenvalue weighted by Gasteiger charge is 2.20. The van der Waals surface area contributed by atoms with Crippen LogP contribution >= 0.6 is 23.1 Å². The lowest BCUT2D eigenvalue weighted by atomic mass is 10.2. The number of hydrogen-bond donors (Lipinski definition) is 2. The Morgan fingerprint density at radius 1 is 1.00 bits per heavy atom. The molecular formula is C27H25N3O3S2. The van der Waals surface area contributed by atoms with Crippen molar-refractivity contribution in [3.8, 4) is 17.0 Å². The molecule has 178 valence electrons. The van der Waals surface area contributed by atoms with Gasteiger partial charge in [-0.15, -0.1) is 23.1 Å². The van der Waals surface area contributed by atoms with E-state index in [1.165, 1.54) is 23.1 Å². The van der Waals surface area contributed by atoms with E-state index < -0.39 is 0 Å². The van der Waals surface area contributed by atoms with Crippen LogP contribution in [-0.4, -0.2) is 29.2 Å². The second-order valence-electron chi connectivity index (χ2n) is 7.62. The second kappa shape index (κ2) is 11.7. The number of benzene rings is 3. The summed E-state index contributed by atoms with van der Waals surface area (Å²) in [7, 11) is 1.58. The smallest absolute Gasteiger partial charge is 0.255 e. The van der Waals surface area contributed by atoms with Crippen molar-refractivity contribution in [3.05, 3.63) is 89.8 Å². The molecule has 4 aromatic rings. The van der Waals surface area contributed by atoms with E-state index in [-0.39, 0.29) is 17.1 Å². The number of nitrogens with one attached hydrogen (secondary N) is 2. The average molecular weight is 504 g/mol.